The second kappa shape index (κ2) is 7.33. The third-order valence-electron chi connectivity index (χ3n) is 2.94. The molecule has 2 aromatic rings. The summed E-state index contributed by atoms with van der Waals surface area (Å²) in [7, 11) is 0. The SMILES string of the molecule is CCC(CC(=O)O)NC(=O)Cc1csc(-c2ccsc2)n1. The van der Waals surface area contributed by atoms with E-state index >= 15 is 0 Å². The quantitative estimate of drug-likeness (QED) is 0.821. The van der Waals surface area contributed by atoms with Crippen LogP contribution in [0.15, 0.2) is 22.2 Å². The molecule has 0 aromatic carbocycles. The molecule has 0 aliphatic rings. The van der Waals surface area contributed by atoms with Crippen LogP contribution in [0, 0.1) is 0 Å². The molecule has 0 aliphatic heterocycles. The molecule has 2 rings (SSSR count). The summed E-state index contributed by atoms with van der Waals surface area (Å²) in [6.07, 6.45) is 0.714. The van der Waals surface area contributed by atoms with Crippen LogP contribution in [0.2, 0.25) is 0 Å². The lowest BCUT2D eigenvalue weighted by Crippen LogP contribution is -2.37. The highest BCUT2D eigenvalue weighted by atomic mass is 32.1. The molecular formula is C14H16N2O3S2. The highest BCUT2D eigenvalue weighted by Gasteiger charge is 2.15. The van der Waals surface area contributed by atoms with Gasteiger partial charge in [-0.25, -0.2) is 4.98 Å². The lowest BCUT2D eigenvalue weighted by Gasteiger charge is -2.14. The van der Waals surface area contributed by atoms with Gasteiger partial charge in [-0.3, -0.25) is 9.59 Å². The highest BCUT2D eigenvalue weighted by Crippen LogP contribution is 2.25. The van der Waals surface area contributed by atoms with E-state index in [-0.39, 0.29) is 24.8 Å². The number of amides is 1. The molecular weight excluding hydrogens is 308 g/mol. The maximum atomic E-state index is 11.9. The number of carbonyl (C=O) groups excluding carboxylic acids is 1. The van der Waals surface area contributed by atoms with E-state index in [1.54, 1.807) is 11.3 Å². The number of hydrogen-bond acceptors (Lipinski definition) is 5. The third-order valence-corrected chi connectivity index (χ3v) is 4.56. The summed E-state index contributed by atoms with van der Waals surface area (Å²) in [4.78, 5) is 27.0. The van der Waals surface area contributed by atoms with Gasteiger partial charge in [0.1, 0.15) is 5.01 Å². The monoisotopic (exact) mass is 324 g/mol. The highest BCUT2D eigenvalue weighted by molar-refractivity contribution is 7.14. The molecule has 0 aliphatic carbocycles. The Hall–Kier alpha value is -1.73. The van der Waals surface area contributed by atoms with Crippen molar-refractivity contribution < 1.29 is 14.7 Å². The van der Waals surface area contributed by atoms with Gasteiger partial charge in [0.2, 0.25) is 5.91 Å². The number of nitrogens with one attached hydrogen (secondary N) is 1. The Labute approximate surface area is 130 Å². The zero-order chi connectivity index (χ0) is 15.2. The van der Waals surface area contributed by atoms with Gasteiger partial charge in [-0.2, -0.15) is 11.3 Å². The molecule has 0 fully saturated rings. The average Bonchev–Trinajstić information content (AvgIpc) is 3.07. The number of thiazole rings is 1. The number of aromatic nitrogens is 1. The predicted octanol–water partition coefficient (Wildman–Crippen LogP) is 2.78. The van der Waals surface area contributed by atoms with E-state index in [1.165, 1.54) is 11.3 Å². The van der Waals surface area contributed by atoms with Crippen LogP contribution in [0.3, 0.4) is 0 Å². The first-order valence-electron chi connectivity index (χ1n) is 6.56. The van der Waals surface area contributed by atoms with E-state index in [0.29, 0.717) is 12.1 Å². The molecule has 0 saturated heterocycles. The molecule has 0 spiro atoms. The van der Waals surface area contributed by atoms with Gasteiger partial charge in [0.25, 0.3) is 0 Å². The smallest absolute Gasteiger partial charge is 0.305 e. The predicted molar refractivity (Wildman–Crippen MR) is 83.6 cm³/mol. The van der Waals surface area contributed by atoms with Crippen LogP contribution in [0.25, 0.3) is 10.6 Å². The molecule has 1 amide bonds. The van der Waals surface area contributed by atoms with Crippen molar-refractivity contribution in [3.63, 3.8) is 0 Å². The first-order chi connectivity index (χ1) is 10.1. The standard InChI is InChI=1S/C14H16N2O3S2/c1-2-10(6-13(18)19)15-12(17)5-11-8-21-14(16-11)9-3-4-20-7-9/h3-4,7-8,10H,2,5-6H2,1H3,(H,15,17)(H,18,19). The van der Waals surface area contributed by atoms with Crippen LogP contribution < -0.4 is 5.32 Å². The number of carboxylic acids is 1. The normalized spacial score (nSPS) is 12.0. The number of aliphatic carboxylic acids is 1. The van der Waals surface area contributed by atoms with Crippen LogP contribution in [0.1, 0.15) is 25.5 Å². The van der Waals surface area contributed by atoms with E-state index in [4.69, 9.17) is 5.11 Å². The van der Waals surface area contributed by atoms with Crippen molar-refractivity contribution in [1.29, 1.82) is 0 Å². The molecule has 1 atom stereocenters. The Morgan fingerprint density at radius 1 is 1.43 bits per heavy atom. The fraction of sp³-hybridized carbons (Fsp3) is 0.357. The molecule has 0 saturated carbocycles. The second-order valence-corrected chi connectivity index (χ2v) is 6.24. The first-order valence-corrected chi connectivity index (χ1v) is 8.39. The van der Waals surface area contributed by atoms with E-state index in [0.717, 1.165) is 10.6 Å². The van der Waals surface area contributed by atoms with E-state index in [9.17, 15) is 9.59 Å². The lowest BCUT2D eigenvalue weighted by atomic mass is 10.1. The zero-order valence-electron chi connectivity index (χ0n) is 11.5. The Morgan fingerprint density at radius 3 is 2.86 bits per heavy atom. The topological polar surface area (TPSA) is 79.3 Å². The summed E-state index contributed by atoms with van der Waals surface area (Å²) in [5.74, 6) is -1.10. The Kier molecular flexibility index (Phi) is 5.46. The summed E-state index contributed by atoms with van der Waals surface area (Å²) in [6, 6.07) is 1.66. The van der Waals surface area contributed by atoms with Crippen molar-refractivity contribution in [1.82, 2.24) is 10.3 Å². The molecule has 2 heterocycles. The molecule has 2 N–H and O–H groups in total. The van der Waals surface area contributed by atoms with Gasteiger partial charge < -0.3 is 10.4 Å². The maximum absolute atomic E-state index is 11.9. The minimum Gasteiger partial charge on any atom is -0.481 e. The van der Waals surface area contributed by atoms with E-state index in [2.05, 4.69) is 10.3 Å². The largest absolute Gasteiger partial charge is 0.481 e. The maximum Gasteiger partial charge on any atom is 0.305 e. The molecule has 0 bridgehead atoms. The van der Waals surface area contributed by atoms with Gasteiger partial charge in [0.05, 0.1) is 18.5 Å². The van der Waals surface area contributed by atoms with Crippen molar-refractivity contribution in [2.24, 2.45) is 0 Å². The van der Waals surface area contributed by atoms with Gasteiger partial charge in [0, 0.05) is 22.4 Å². The molecule has 21 heavy (non-hydrogen) atoms. The fourth-order valence-electron chi connectivity index (χ4n) is 1.86. The second-order valence-electron chi connectivity index (χ2n) is 4.60. The van der Waals surface area contributed by atoms with Crippen LogP contribution in [0.5, 0.6) is 0 Å². The van der Waals surface area contributed by atoms with Gasteiger partial charge in [-0.05, 0) is 17.9 Å². The summed E-state index contributed by atoms with van der Waals surface area (Å²) >= 11 is 3.11. The minimum absolute atomic E-state index is 0.0561. The first kappa shape index (κ1) is 15.7. The van der Waals surface area contributed by atoms with Gasteiger partial charge >= 0.3 is 5.97 Å². The summed E-state index contributed by atoms with van der Waals surface area (Å²) in [6.45, 7) is 1.85. The van der Waals surface area contributed by atoms with Crippen molar-refractivity contribution in [2.45, 2.75) is 32.2 Å². The molecule has 2 aromatic heterocycles. The van der Waals surface area contributed by atoms with E-state index < -0.39 is 5.97 Å². The number of hydrogen-bond donors (Lipinski definition) is 2. The third kappa shape index (κ3) is 4.64. The molecule has 112 valence electrons. The number of carbonyl (C=O) groups is 2. The summed E-state index contributed by atoms with van der Waals surface area (Å²) < 4.78 is 0. The Morgan fingerprint density at radius 2 is 2.24 bits per heavy atom. The zero-order valence-corrected chi connectivity index (χ0v) is 13.2. The minimum atomic E-state index is -0.907. The Balaban J connectivity index is 1.92. The summed E-state index contributed by atoms with van der Waals surface area (Å²) in [5, 5.41) is 18.3. The van der Waals surface area contributed by atoms with Crippen LogP contribution >= 0.6 is 22.7 Å². The van der Waals surface area contributed by atoms with Gasteiger partial charge in [-0.1, -0.05) is 6.92 Å². The molecule has 0 radical (unpaired) electrons. The number of rotatable bonds is 7. The van der Waals surface area contributed by atoms with Crippen LogP contribution in [0.4, 0.5) is 0 Å². The Bertz CT molecular complexity index is 608. The van der Waals surface area contributed by atoms with Gasteiger partial charge in [0.15, 0.2) is 0 Å². The van der Waals surface area contributed by atoms with Crippen LogP contribution in [-0.2, 0) is 16.0 Å². The van der Waals surface area contributed by atoms with Crippen molar-refractivity contribution >= 4 is 34.6 Å². The summed E-state index contributed by atoms with van der Waals surface area (Å²) in [5.41, 5.74) is 1.78. The number of thiophene rings is 1. The molecule has 7 heteroatoms. The van der Waals surface area contributed by atoms with Gasteiger partial charge in [-0.15, -0.1) is 11.3 Å². The van der Waals surface area contributed by atoms with Crippen LogP contribution in [-0.4, -0.2) is 28.0 Å². The molecule has 5 nitrogen and oxygen atoms in total. The van der Waals surface area contributed by atoms with E-state index in [1.807, 2.05) is 29.1 Å². The van der Waals surface area contributed by atoms with Crippen molar-refractivity contribution in [3.05, 3.63) is 27.9 Å². The van der Waals surface area contributed by atoms with Crippen molar-refractivity contribution in [3.8, 4) is 10.6 Å². The average molecular weight is 324 g/mol. The number of carboxylic acid groups (broad SMARTS) is 1. The molecule has 1 unspecified atom stereocenters. The number of nitrogens with zero attached hydrogens (tertiary/aromatic N) is 1. The fourth-order valence-corrected chi connectivity index (χ4v) is 3.39. The van der Waals surface area contributed by atoms with Crippen molar-refractivity contribution in [2.75, 3.05) is 0 Å². The lowest BCUT2D eigenvalue weighted by molar-refractivity contribution is -0.137.